The van der Waals surface area contributed by atoms with Crippen LogP contribution in [0.25, 0.3) is 0 Å². The first-order valence-corrected chi connectivity index (χ1v) is 11.2. The van der Waals surface area contributed by atoms with Crippen molar-refractivity contribution < 1.29 is 13.6 Å². The number of benzene rings is 2. The van der Waals surface area contributed by atoms with Crippen LogP contribution in [0.4, 0.5) is 8.78 Å². The van der Waals surface area contributed by atoms with E-state index in [2.05, 4.69) is 20.2 Å². The maximum absolute atomic E-state index is 13.1. The molecule has 2 N–H and O–H groups in total. The third-order valence-corrected chi connectivity index (χ3v) is 6.06. The van der Waals surface area contributed by atoms with Crippen LogP contribution in [0.3, 0.4) is 0 Å². The van der Waals surface area contributed by atoms with Crippen molar-refractivity contribution in [2.45, 2.75) is 31.2 Å². The molecule has 0 saturated carbocycles. The highest BCUT2D eigenvalue weighted by Crippen LogP contribution is 2.19. The molecular weight excluding hydrogens is 434 g/mol. The van der Waals surface area contributed by atoms with Gasteiger partial charge in [0.2, 0.25) is 5.91 Å². The number of amides is 1. The molecule has 1 aliphatic rings. The van der Waals surface area contributed by atoms with Crippen molar-refractivity contribution in [3.63, 3.8) is 0 Å². The number of nitrogens with zero attached hydrogens (tertiary/aromatic N) is 2. The van der Waals surface area contributed by atoms with Gasteiger partial charge >= 0.3 is 0 Å². The van der Waals surface area contributed by atoms with Gasteiger partial charge in [-0.3, -0.25) is 14.5 Å². The highest BCUT2D eigenvalue weighted by Gasteiger charge is 2.21. The summed E-state index contributed by atoms with van der Waals surface area (Å²) in [5.41, 5.74) is 2.96. The number of nitrogens with one attached hydrogen (secondary N) is 2. The van der Waals surface area contributed by atoms with Gasteiger partial charge in [0.1, 0.15) is 11.6 Å². The van der Waals surface area contributed by atoms with Crippen LogP contribution >= 0.6 is 11.8 Å². The first-order chi connectivity index (χ1) is 15.5. The van der Waals surface area contributed by atoms with E-state index in [1.54, 1.807) is 24.3 Å². The van der Waals surface area contributed by atoms with Crippen LogP contribution in [0.5, 0.6) is 0 Å². The van der Waals surface area contributed by atoms with Gasteiger partial charge in [0.25, 0.3) is 5.56 Å². The van der Waals surface area contributed by atoms with Crippen LogP contribution < -0.4 is 10.9 Å². The van der Waals surface area contributed by atoms with E-state index < -0.39 is 0 Å². The van der Waals surface area contributed by atoms with Crippen molar-refractivity contribution in [1.29, 1.82) is 0 Å². The second-order valence-electron chi connectivity index (χ2n) is 7.58. The SMILES string of the molecule is O=C(CSc1nc2c(c(=O)[nH]1)CN(Cc1ccc(F)cc1)CC2)NCc1ccc(F)cc1. The monoisotopic (exact) mass is 456 g/mol. The number of carbonyl (C=O) groups is 1. The van der Waals surface area contributed by atoms with E-state index in [0.717, 1.165) is 23.4 Å². The van der Waals surface area contributed by atoms with Gasteiger partial charge in [-0.1, -0.05) is 36.0 Å². The highest BCUT2D eigenvalue weighted by atomic mass is 32.2. The number of halogens is 2. The third kappa shape index (κ3) is 5.80. The molecule has 0 fully saturated rings. The molecule has 0 aliphatic carbocycles. The van der Waals surface area contributed by atoms with Gasteiger partial charge in [-0.25, -0.2) is 13.8 Å². The van der Waals surface area contributed by atoms with E-state index in [0.29, 0.717) is 36.8 Å². The normalized spacial score (nSPS) is 13.6. The molecule has 1 amide bonds. The Morgan fingerprint density at radius 1 is 1.06 bits per heavy atom. The van der Waals surface area contributed by atoms with Crippen molar-refractivity contribution in [1.82, 2.24) is 20.2 Å². The number of thioether (sulfide) groups is 1. The van der Waals surface area contributed by atoms with Crippen molar-refractivity contribution in [3.8, 4) is 0 Å². The van der Waals surface area contributed by atoms with E-state index in [4.69, 9.17) is 0 Å². The fourth-order valence-electron chi connectivity index (χ4n) is 3.50. The van der Waals surface area contributed by atoms with Crippen molar-refractivity contribution in [3.05, 3.63) is 92.9 Å². The number of hydrogen-bond acceptors (Lipinski definition) is 5. The summed E-state index contributed by atoms with van der Waals surface area (Å²) in [4.78, 5) is 34.1. The van der Waals surface area contributed by atoms with Crippen LogP contribution in [0, 0.1) is 11.6 Å². The molecule has 2 aromatic carbocycles. The second-order valence-corrected chi connectivity index (χ2v) is 8.54. The topological polar surface area (TPSA) is 78.1 Å². The zero-order valence-electron chi connectivity index (χ0n) is 17.2. The summed E-state index contributed by atoms with van der Waals surface area (Å²) in [7, 11) is 0. The van der Waals surface area contributed by atoms with Crippen molar-refractivity contribution >= 4 is 17.7 Å². The molecule has 0 spiro atoms. The minimum absolute atomic E-state index is 0.111. The average Bonchev–Trinajstić information content (AvgIpc) is 2.79. The fraction of sp³-hybridized carbons (Fsp3) is 0.261. The summed E-state index contributed by atoms with van der Waals surface area (Å²) in [5.74, 6) is -0.686. The van der Waals surface area contributed by atoms with Gasteiger partial charge in [0.15, 0.2) is 5.16 Å². The Kier molecular flexibility index (Phi) is 6.96. The Labute approximate surface area is 188 Å². The lowest BCUT2D eigenvalue weighted by Gasteiger charge is -2.27. The largest absolute Gasteiger partial charge is 0.351 e. The van der Waals surface area contributed by atoms with E-state index in [9.17, 15) is 18.4 Å². The van der Waals surface area contributed by atoms with E-state index >= 15 is 0 Å². The lowest BCUT2D eigenvalue weighted by molar-refractivity contribution is -0.118. The summed E-state index contributed by atoms with van der Waals surface area (Å²) >= 11 is 1.17. The molecule has 1 aliphatic heterocycles. The number of aromatic amines is 1. The molecule has 0 radical (unpaired) electrons. The summed E-state index contributed by atoms with van der Waals surface area (Å²) in [6, 6.07) is 12.3. The fourth-order valence-corrected chi connectivity index (χ4v) is 4.21. The Morgan fingerprint density at radius 3 is 2.41 bits per heavy atom. The Balaban J connectivity index is 1.31. The summed E-state index contributed by atoms with van der Waals surface area (Å²) in [6.45, 7) is 2.14. The Hall–Kier alpha value is -3.04. The molecule has 3 aromatic rings. The van der Waals surface area contributed by atoms with Crippen molar-refractivity contribution in [2.24, 2.45) is 0 Å². The number of carbonyl (C=O) groups excluding carboxylic acids is 1. The number of hydrogen-bond donors (Lipinski definition) is 2. The minimum atomic E-state index is -0.323. The maximum atomic E-state index is 13.1. The predicted molar refractivity (Wildman–Crippen MR) is 118 cm³/mol. The van der Waals surface area contributed by atoms with E-state index in [1.165, 1.54) is 36.0 Å². The lowest BCUT2D eigenvalue weighted by atomic mass is 10.1. The average molecular weight is 457 g/mol. The smallest absolute Gasteiger partial charge is 0.256 e. The van der Waals surface area contributed by atoms with Crippen LogP contribution in [0.1, 0.15) is 22.4 Å². The first-order valence-electron chi connectivity index (χ1n) is 10.2. The Morgan fingerprint density at radius 2 is 1.72 bits per heavy atom. The van der Waals surface area contributed by atoms with Crippen LogP contribution in [-0.2, 0) is 30.8 Å². The standard InChI is InChI=1S/C23H22F2N4O2S/c24-17-5-1-15(2-6-17)11-26-21(30)14-32-23-27-20-9-10-29(13-19(20)22(31)28-23)12-16-3-7-18(25)8-4-16/h1-8H,9-14H2,(H,26,30)(H,27,28,31). The van der Waals surface area contributed by atoms with Gasteiger partial charge in [-0.2, -0.15) is 0 Å². The number of H-pyrrole nitrogens is 1. The zero-order valence-corrected chi connectivity index (χ0v) is 18.1. The quantitative estimate of drug-likeness (QED) is 0.422. The van der Waals surface area contributed by atoms with Crippen molar-refractivity contribution in [2.75, 3.05) is 12.3 Å². The van der Waals surface area contributed by atoms with Crippen LogP contribution in [0.2, 0.25) is 0 Å². The lowest BCUT2D eigenvalue weighted by Crippen LogP contribution is -2.35. The molecule has 166 valence electrons. The van der Waals surface area contributed by atoms with E-state index in [1.807, 2.05) is 0 Å². The molecule has 32 heavy (non-hydrogen) atoms. The highest BCUT2D eigenvalue weighted by molar-refractivity contribution is 7.99. The number of fused-ring (bicyclic) bond motifs is 1. The molecule has 4 rings (SSSR count). The molecule has 0 saturated heterocycles. The Bertz CT molecular complexity index is 1150. The third-order valence-electron chi connectivity index (χ3n) is 5.19. The molecule has 0 bridgehead atoms. The van der Waals surface area contributed by atoms with Crippen LogP contribution in [-0.4, -0.2) is 33.1 Å². The van der Waals surface area contributed by atoms with Gasteiger partial charge in [-0.05, 0) is 35.4 Å². The molecule has 6 nitrogen and oxygen atoms in total. The van der Waals surface area contributed by atoms with Gasteiger partial charge in [-0.15, -0.1) is 0 Å². The molecule has 9 heteroatoms. The number of rotatable bonds is 7. The molecule has 0 atom stereocenters. The van der Waals surface area contributed by atoms with E-state index in [-0.39, 0.29) is 28.9 Å². The van der Waals surface area contributed by atoms with Gasteiger partial charge in [0, 0.05) is 32.6 Å². The summed E-state index contributed by atoms with van der Waals surface area (Å²) < 4.78 is 26.0. The summed E-state index contributed by atoms with van der Waals surface area (Å²) in [5, 5.41) is 3.18. The molecular formula is C23H22F2N4O2S. The first kappa shape index (κ1) is 22.2. The van der Waals surface area contributed by atoms with Crippen LogP contribution in [0.15, 0.2) is 58.5 Å². The molecule has 0 unspecified atom stereocenters. The summed E-state index contributed by atoms with van der Waals surface area (Å²) in [6.07, 6.45) is 0.630. The molecule has 2 heterocycles. The van der Waals surface area contributed by atoms with Gasteiger partial charge < -0.3 is 10.3 Å². The molecule has 1 aromatic heterocycles. The maximum Gasteiger partial charge on any atom is 0.256 e. The number of aromatic nitrogens is 2. The minimum Gasteiger partial charge on any atom is -0.351 e. The second kappa shape index (κ2) is 10.1. The van der Waals surface area contributed by atoms with Gasteiger partial charge in [0.05, 0.1) is 17.0 Å². The zero-order chi connectivity index (χ0) is 22.5. The predicted octanol–water partition coefficient (Wildman–Crippen LogP) is 3.01.